The van der Waals surface area contributed by atoms with E-state index in [1.165, 1.54) is 11.3 Å². The van der Waals surface area contributed by atoms with Gasteiger partial charge < -0.3 is 4.90 Å². The summed E-state index contributed by atoms with van der Waals surface area (Å²) in [5, 5.41) is 0. The molecule has 1 fully saturated rings. The monoisotopic (exact) mass is 217 g/mol. The fourth-order valence-electron chi connectivity index (χ4n) is 2.52. The quantitative estimate of drug-likeness (QED) is 0.721. The van der Waals surface area contributed by atoms with Crippen LogP contribution < -0.4 is 4.90 Å². The lowest BCUT2D eigenvalue weighted by molar-refractivity contribution is -0.121. The van der Waals surface area contributed by atoms with Crippen LogP contribution in [0.2, 0.25) is 0 Å². The van der Waals surface area contributed by atoms with Crippen molar-refractivity contribution in [1.29, 1.82) is 0 Å². The zero-order valence-electron chi connectivity index (χ0n) is 10.3. The lowest BCUT2D eigenvalue weighted by Gasteiger charge is -2.44. The van der Waals surface area contributed by atoms with E-state index in [2.05, 4.69) is 49.9 Å². The second kappa shape index (κ2) is 3.93. The second-order valence-corrected chi connectivity index (χ2v) is 5.22. The van der Waals surface area contributed by atoms with Crippen molar-refractivity contribution in [2.45, 2.75) is 39.2 Å². The molecule has 1 aromatic carbocycles. The van der Waals surface area contributed by atoms with Crippen molar-refractivity contribution in [3.05, 3.63) is 29.8 Å². The number of ketones is 1. The molecule has 1 aliphatic rings. The van der Waals surface area contributed by atoms with Crippen LogP contribution in [-0.4, -0.2) is 17.9 Å². The van der Waals surface area contributed by atoms with Crippen LogP contribution in [0.1, 0.15) is 32.3 Å². The molecule has 1 heterocycles. The maximum atomic E-state index is 11.5. The number of Topliss-reactive ketones (excluding diaryl/α,β-unsaturated/α-hetero) is 1. The highest BCUT2D eigenvalue weighted by atomic mass is 16.1. The van der Waals surface area contributed by atoms with Crippen LogP contribution in [0.5, 0.6) is 0 Å². The molecule has 0 bridgehead atoms. The Hall–Kier alpha value is -1.31. The summed E-state index contributed by atoms with van der Waals surface area (Å²) in [5.41, 5.74) is 2.49. The van der Waals surface area contributed by atoms with Crippen molar-refractivity contribution in [2.24, 2.45) is 0 Å². The molecular weight excluding hydrogens is 198 g/mol. The highest BCUT2D eigenvalue weighted by Crippen LogP contribution is 2.32. The number of hydrogen-bond acceptors (Lipinski definition) is 2. The van der Waals surface area contributed by atoms with Crippen molar-refractivity contribution in [1.82, 2.24) is 0 Å². The fraction of sp³-hybridized carbons (Fsp3) is 0.500. The predicted molar refractivity (Wildman–Crippen MR) is 66.8 cm³/mol. The molecule has 0 aliphatic carbocycles. The third-order valence-corrected chi connectivity index (χ3v) is 3.38. The van der Waals surface area contributed by atoms with Gasteiger partial charge in [0.1, 0.15) is 5.78 Å². The summed E-state index contributed by atoms with van der Waals surface area (Å²) in [6.07, 6.45) is 1.33. The van der Waals surface area contributed by atoms with Gasteiger partial charge in [-0.25, -0.2) is 0 Å². The molecule has 1 aliphatic heterocycles. The van der Waals surface area contributed by atoms with Crippen LogP contribution in [0.15, 0.2) is 24.3 Å². The van der Waals surface area contributed by atoms with Gasteiger partial charge >= 0.3 is 0 Å². The normalized spacial score (nSPS) is 19.9. The number of rotatable bonds is 1. The van der Waals surface area contributed by atoms with E-state index < -0.39 is 0 Å². The highest BCUT2D eigenvalue weighted by molar-refractivity contribution is 5.82. The van der Waals surface area contributed by atoms with Gasteiger partial charge in [0.2, 0.25) is 0 Å². The molecule has 16 heavy (non-hydrogen) atoms. The Kier molecular flexibility index (Phi) is 2.75. The smallest absolute Gasteiger partial charge is 0.136 e. The van der Waals surface area contributed by atoms with Crippen LogP contribution in [0.25, 0.3) is 0 Å². The van der Waals surface area contributed by atoms with E-state index in [-0.39, 0.29) is 5.54 Å². The fourth-order valence-corrected chi connectivity index (χ4v) is 2.52. The minimum absolute atomic E-state index is 0.0541. The Bertz CT molecular complexity index is 409. The van der Waals surface area contributed by atoms with Gasteiger partial charge in [-0.3, -0.25) is 4.79 Å². The molecule has 0 atom stereocenters. The van der Waals surface area contributed by atoms with E-state index in [0.717, 1.165) is 6.54 Å². The van der Waals surface area contributed by atoms with Crippen LogP contribution in [0, 0.1) is 6.92 Å². The Morgan fingerprint density at radius 1 is 1.25 bits per heavy atom. The largest absolute Gasteiger partial charge is 0.365 e. The van der Waals surface area contributed by atoms with Crippen molar-refractivity contribution in [3.8, 4) is 0 Å². The number of nitrogens with zero attached hydrogens (tertiary/aromatic N) is 1. The zero-order valence-corrected chi connectivity index (χ0v) is 10.3. The molecule has 2 rings (SSSR count). The topological polar surface area (TPSA) is 20.3 Å². The number of aryl methyl sites for hydroxylation is 1. The van der Waals surface area contributed by atoms with Crippen molar-refractivity contribution < 1.29 is 4.79 Å². The molecular formula is C14H19NO. The number of carbonyl (C=O) groups is 1. The first kappa shape index (κ1) is 11.2. The van der Waals surface area contributed by atoms with E-state index in [1.807, 2.05) is 0 Å². The zero-order chi connectivity index (χ0) is 11.8. The molecule has 0 aromatic heterocycles. The summed E-state index contributed by atoms with van der Waals surface area (Å²) in [5.74, 6) is 0.384. The van der Waals surface area contributed by atoms with Crippen molar-refractivity contribution >= 4 is 11.5 Å². The molecule has 0 saturated carbocycles. The maximum Gasteiger partial charge on any atom is 0.136 e. The first-order valence-electron chi connectivity index (χ1n) is 5.86. The summed E-state index contributed by atoms with van der Waals surface area (Å²) in [6.45, 7) is 7.27. The van der Waals surface area contributed by atoms with Crippen LogP contribution in [0.4, 0.5) is 5.69 Å². The first-order valence-corrected chi connectivity index (χ1v) is 5.86. The van der Waals surface area contributed by atoms with Crippen LogP contribution >= 0.6 is 0 Å². The number of anilines is 1. The first-order chi connectivity index (χ1) is 7.50. The number of benzene rings is 1. The van der Waals surface area contributed by atoms with Crippen molar-refractivity contribution in [2.75, 3.05) is 11.4 Å². The molecule has 86 valence electrons. The van der Waals surface area contributed by atoms with Gasteiger partial charge in [-0.05, 0) is 32.4 Å². The Labute approximate surface area is 97.3 Å². The lowest BCUT2D eigenvalue weighted by Crippen LogP contribution is -2.50. The average molecular weight is 217 g/mol. The van der Waals surface area contributed by atoms with E-state index in [0.29, 0.717) is 18.6 Å². The van der Waals surface area contributed by atoms with Crippen LogP contribution in [0.3, 0.4) is 0 Å². The SMILES string of the molecule is Cc1ccccc1N1CCC(=O)CC1(C)C. The minimum Gasteiger partial charge on any atom is -0.365 e. The van der Waals surface area contributed by atoms with Gasteiger partial charge in [-0.1, -0.05) is 18.2 Å². The van der Waals surface area contributed by atoms with Gasteiger partial charge in [0.25, 0.3) is 0 Å². The molecule has 0 N–H and O–H groups in total. The van der Waals surface area contributed by atoms with Gasteiger partial charge in [0.05, 0.1) is 0 Å². The minimum atomic E-state index is -0.0541. The summed E-state index contributed by atoms with van der Waals surface area (Å²) >= 11 is 0. The van der Waals surface area contributed by atoms with Crippen LogP contribution in [-0.2, 0) is 4.79 Å². The second-order valence-electron chi connectivity index (χ2n) is 5.22. The number of piperidine rings is 1. The molecule has 0 amide bonds. The van der Waals surface area contributed by atoms with Gasteiger partial charge in [0, 0.05) is 30.6 Å². The van der Waals surface area contributed by atoms with E-state index >= 15 is 0 Å². The molecule has 2 nitrogen and oxygen atoms in total. The maximum absolute atomic E-state index is 11.5. The average Bonchev–Trinajstić information content (AvgIpc) is 2.18. The van der Waals surface area contributed by atoms with Gasteiger partial charge in [0.15, 0.2) is 0 Å². The lowest BCUT2D eigenvalue weighted by atomic mass is 9.88. The number of hydrogen-bond donors (Lipinski definition) is 0. The van der Waals surface area contributed by atoms with E-state index in [1.54, 1.807) is 0 Å². The Morgan fingerprint density at radius 2 is 1.94 bits per heavy atom. The standard InChI is InChI=1S/C14H19NO/c1-11-6-4-5-7-13(11)15-9-8-12(16)10-14(15,2)3/h4-7H,8-10H2,1-3H3. The predicted octanol–water partition coefficient (Wildman–Crippen LogP) is 2.94. The summed E-state index contributed by atoms with van der Waals surface area (Å²) < 4.78 is 0. The van der Waals surface area contributed by atoms with E-state index in [9.17, 15) is 4.79 Å². The highest BCUT2D eigenvalue weighted by Gasteiger charge is 2.34. The Morgan fingerprint density at radius 3 is 2.56 bits per heavy atom. The third-order valence-electron chi connectivity index (χ3n) is 3.38. The van der Waals surface area contributed by atoms with Crippen molar-refractivity contribution in [3.63, 3.8) is 0 Å². The van der Waals surface area contributed by atoms with Gasteiger partial charge in [-0.15, -0.1) is 0 Å². The summed E-state index contributed by atoms with van der Waals surface area (Å²) in [4.78, 5) is 13.9. The number of para-hydroxylation sites is 1. The third kappa shape index (κ3) is 1.97. The van der Waals surface area contributed by atoms with E-state index in [4.69, 9.17) is 0 Å². The molecule has 1 aromatic rings. The molecule has 0 spiro atoms. The molecule has 2 heteroatoms. The number of carbonyl (C=O) groups excluding carboxylic acids is 1. The molecule has 0 unspecified atom stereocenters. The molecule has 1 saturated heterocycles. The Balaban J connectivity index is 2.34. The van der Waals surface area contributed by atoms with Gasteiger partial charge in [-0.2, -0.15) is 0 Å². The summed E-state index contributed by atoms with van der Waals surface area (Å²) in [6, 6.07) is 8.39. The summed E-state index contributed by atoms with van der Waals surface area (Å²) in [7, 11) is 0. The molecule has 0 radical (unpaired) electrons.